The van der Waals surface area contributed by atoms with E-state index in [4.69, 9.17) is 11.6 Å². The highest BCUT2D eigenvalue weighted by Gasteiger charge is 2.27. The molecule has 0 saturated heterocycles. The summed E-state index contributed by atoms with van der Waals surface area (Å²) in [6.45, 7) is 7.96. The number of benzene rings is 1. The minimum atomic E-state index is -1.01. The normalized spacial score (nSPS) is 15.4. The van der Waals surface area contributed by atoms with Gasteiger partial charge < -0.3 is 4.55 Å². The second-order valence-electron chi connectivity index (χ2n) is 5.53. The summed E-state index contributed by atoms with van der Waals surface area (Å²) in [7, 11) is 0. The molecular formula is C14H22ClNOS. The van der Waals surface area contributed by atoms with Gasteiger partial charge in [-0.3, -0.25) is 0 Å². The molecule has 0 aliphatic rings. The molecule has 102 valence electrons. The monoisotopic (exact) mass is 287 g/mol. The fourth-order valence-corrected chi connectivity index (χ4v) is 2.56. The van der Waals surface area contributed by atoms with Crippen molar-refractivity contribution in [1.29, 1.82) is 0 Å². The van der Waals surface area contributed by atoms with Crippen molar-refractivity contribution in [2.75, 3.05) is 0 Å². The summed E-state index contributed by atoms with van der Waals surface area (Å²) in [6, 6.07) is 8.08. The van der Waals surface area contributed by atoms with Crippen LogP contribution in [-0.4, -0.2) is 15.3 Å². The van der Waals surface area contributed by atoms with Gasteiger partial charge in [-0.1, -0.05) is 29.8 Å². The van der Waals surface area contributed by atoms with Gasteiger partial charge in [0.1, 0.15) is 4.75 Å². The highest BCUT2D eigenvalue weighted by atomic mass is 35.5. The summed E-state index contributed by atoms with van der Waals surface area (Å²) in [4.78, 5) is 0. The van der Waals surface area contributed by atoms with Crippen LogP contribution in [0.1, 0.15) is 39.7 Å². The molecule has 1 aromatic carbocycles. The van der Waals surface area contributed by atoms with Gasteiger partial charge in [-0.2, -0.15) is 0 Å². The molecule has 0 saturated carbocycles. The van der Waals surface area contributed by atoms with Crippen molar-refractivity contribution >= 4 is 23.0 Å². The number of halogens is 1. The zero-order valence-electron chi connectivity index (χ0n) is 11.5. The summed E-state index contributed by atoms with van der Waals surface area (Å²) in [6.07, 6.45) is 1.82. The number of hydrogen-bond donors (Lipinski definition) is 1. The Bertz CT molecular complexity index is 378. The maximum atomic E-state index is 11.9. The second-order valence-corrected chi connectivity index (χ2v) is 7.94. The Morgan fingerprint density at radius 1 is 1.33 bits per heavy atom. The molecule has 0 aliphatic heterocycles. The Labute approximate surface area is 118 Å². The number of nitrogens with one attached hydrogen (secondary N) is 1. The van der Waals surface area contributed by atoms with Gasteiger partial charge in [-0.15, -0.1) is 4.72 Å². The van der Waals surface area contributed by atoms with Crippen LogP contribution in [0.15, 0.2) is 24.3 Å². The molecule has 1 aromatic rings. The van der Waals surface area contributed by atoms with Crippen LogP contribution in [-0.2, 0) is 17.8 Å². The molecule has 0 radical (unpaired) electrons. The third kappa shape index (κ3) is 5.19. The Hall–Kier alpha value is -0.220. The molecule has 1 N–H and O–H groups in total. The van der Waals surface area contributed by atoms with E-state index in [9.17, 15) is 4.55 Å². The summed E-state index contributed by atoms with van der Waals surface area (Å²) in [5.74, 6) is 0. The molecule has 0 heterocycles. The highest BCUT2D eigenvalue weighted by molar-refractivity contribution is 7.90. The number of rotatable bonds is 5. The van der Waals surface area contributed by atoms with Crippen molar-refractivity contribution in [2.24, 2.45) is 0 Å². The molecule has 0 aromatic heterocycles. The quantitative estimate of drug-likeness (QED) is 0.838. The Kier molecular flexibility index (Phi) is 5.99. The fourth-order valence-electron chi connectivity index (χ4n) is 1.49. The lowest BCUT2D eigenvalue weighted by Gasteiger charge is -2.26. The van der Waals surface area contributed by atoms with Gasteiger partial charge in [0.2, 0.25) is 0 Å². The number of aryl methyl sites for hydroxylation is 1. The van der Waals surface area contributed by atoms with E-state index in [1.54, 1.807) is 0 Å². The van der Waals surface area contributed by atoms with E-state index in [1.807, 2.05) is 45.0 Å². The Balaban J connectivity index is 2.43. The van der Waals surface area contributed by atoms with Gasteiger partial charge >= 0.3 is 0 Å². The first-order valence-electron chi connectivity index (χ1n) is 6.22. The van der Waals surface area contributed by atoms with E-state index in [-0.39, 0.29) is 10.8 Å². The maximum absolute atomic E-state index is 11.9. The molecule has 1 rings (SSSR count). The molecule has 4 heteroatoms. The zero-order valence-corrected chi connectivity index (χ0v) is 13.1. The van der Waals surface area contributed by atoms with Crippen LogP contribution in [0.5, 0.6) is 0 Å². The molecular weight excluding hydrogens is 266 g/mol. The third-order valence-corrected chi connectivity index (χ3v) is 4.77. The van der Waals surface area contributed by atoms with Crippen LogP contribution in [0.4, 0.5) is 0 Å². The van der Waals surface area contributed by atoms with Crippen LogP contribution in [0.2, 0.25) is 5.02 Å². The molecule has 1 unspecified atom stereocenters. The molecule has 18 heavy (non-hydrogen) atoms. The van der Waals surface area contributed by atoms with E-state index < -0.39 is 11.4 Å². The van der Waals surface area contributed by atoms with E-state index >= 15 is 0 Å². The van der Waals surface area contributed by atoms with Gasteiger partial charge in [0.15, 0.2) is 0 Å². The minimum Gasteiger partial charge on any atom is -0.598 e. The molecule has 0 fully saturated rings. The summed E-state index contributed by atoms with van der Waals surface area (Å²) < 4.78 is 14.8. The third-order valence-electron chi connectivity index (χ3n) is 2.67. The van der Waals surface area contributed by atoms with Crippen LogP contribution >= 0.6 is 11.6 Å². The van der Waals surface area contributed by atoms with E-state index in [0.717, 1.165) is 23.4 Å². The average Bonchev–Trinajstić information content (AvgIpc) is 2.26. The fraction of sp³-hybridized carbons (Fsp3) is 0.571. The lowest BCUT2D eigenvalue weighted by Crippen LogP contribution is -2.43. The van der Waals surface area contributed by atoms with Gasteiger partial charge in [-0.25, -0.2) is 0 Å². The lowest BCUT2D eigenvalue weighted by molar-refractivity contribution is 0.517. The summed E-state index contributed by atoms with van der Waals surface area (Å²) >= 11 is 5.09. The van der Waals surface area contributed by atoms with Crippen LogP contribution in [0.25, 0.3) is 0 Å². The smallest absolute Gasteiger partial charge is 0.136 e. The van der Waals surface area contributed by atoms with Crippen LogP contribution in [0.3, 0.4) is 0 Å². The average molecular weight is 288 g/mol. The topological polar surface area (TPSA) is 35.1 Å². The molecule has 0 aliphatic carbocycles. The first kappa shape index (κ1) is 15.8. The van der Waals surface area contributed by atoms with Gasteiger partial charge in [0.25, 0.3) is 0 Å². The number of hydrogen-bond acceptors (Lipinski definition) is 2. The van der Waals surface area contributed by atoms with E-state index in [1.165, 1.54) is 0 Å². The SMILES string of the molecule is CC(CCc1ccccc1Cl)N[S@@+]([O-])C(C)(C)C. The first-order valence-corrected chi connectivity index (χ1v) is 7.75. The van der Waals surface area contributed by atoms with Gasteiger partial charge in [0, 0.05) is 16.4 Å². The van der Waals surface area contributed by atoms with Crippen molar-refractivity contribution in [3.8, 4) is 0 Å². The largest absolute Gasteiger partial charge is 0.598 e. The molecule has 2 nitrogen and oxygen atoms in total. The molecule has 2 atom stereocenters. The van der Waals surface area contributed by atoms with Crippen molar-refractivity contribution in [1.82, 2.24) is 4.72 Å². The summed E-state index contributed by atoms with van der Waals surface area (Å²) in [5, 5.41) is 0.807. The van der Waals surface area contributed by atoms with Crippen molar-refractivity contribution in [3.05, 3.63) is 34.9 Å². The summed E-state index contributed by atoms with van der Waals surface area (Å²) in [5.41, 5.74) is 1.15. The van der Waals surface area contributed by atoms with Crippen LogP contribution < -0.4 is 4.72 Å². The molecule has 0 amide bonds. The van der Waals surface area contributed by atoms with E-state index in [0.29, 0.717) is 0 Å². The minimum absolute atomic E-state index is 0.210. The van der Waals surface area contributed by atoms with Gasteiger partial charge in [-0.05, 0) is 52.2 Å². The zero-order chi connectivity index (χ0) is 13.8. The van der Waals surface area contributed by atoms with Crippen LogP contribution in [0, 0.1) is 0 Å². The maximum Gasteiger partial charge on any atom is 0.136 e. The second kappa shape index (κ2) is 6.80. The molecule has 0 spiro atoms. The predicted molar refractivity (Wildman–Crippen MR) is 80.3 cm³/mol. The lowest BCUT2D eigenvalue weighted by atomic mass is 10.1. The Morgan fingerprint density at radius 3 is 2.50 bits per heavy atom. The van der Waals surface area contributed by atoms with Gasteiger partial charge in [0.05, 0.1) is 6.04 Å². The predicted octanol–water partition coefficient (Wildman–Crippen LogP) is 3.71. The van der Waals surface area contributed by atoms with Crippen molar-refractivity contribution in [2.45, 2.75) is 51.3 Å². The first-order chi connectivity index (χ1) is 8.30. The van der Waals surface area contributed by atoms with Crippen molar-refractivity contribution < 1.29 is 4.55 Å². The van der Waals surface area contributed by atoms with E-state index in [2.05, 4.69) is 11.6 Å². The Morgan fingerprint density at radius 2 is 1.94 bits per heavy atom. The molecule has 0 bridgehead atoms. The van der Waals surface area contributed by atoms with Crippen molar-refractivity contribution in [3.63, 3.8) is 0 Å². The highest BCUT2D eigenvalue weighted by Crippen LogP contribution is 2.18. The standard InChI is InChI=1S/C14H22ClNOS/c1-11(16-18(17)14(2,3)4)9-10-12-7-5-6-8-13(12)15/h5-8,11,16H,9-10H2,1-4H3/t11?,18-/m0/s1.